The summed E-state index contributed by atoms with van der Waals surface area (Å²) in [6.07, 6.45) is 6.93. The van der Waals surface area contributed by atoms with E-state index < -0.39 is 5.60 Å². The molecule has 154 valence electrons. The van der Waals surface area contributed by atoms with Gasteiger partial charge in [-0.3, -0.25) is 9.52 Å². The predicted molar refractivity (Wildman–Crippen MR) is 107 cm³/mol. The van der Waals surface area contributed by atoms with Crippen molar-refractivity contribution in [1.29, 1.82) is 0 Å². The number of hydrogen-bond donors (Lipinski definition) is 1. The summed E-state index contributed by atoms with van der Waals surface area (Å²) >= 11 is 1.76. The fourth-order valence-corrected chi connectivity index (χ4v) is 5.42. The highest BCUT2D eigenvalue weighted by atomic mass is 32.2. The highest BCUT2D eigenvalue weighted by Gasteiger charge is 2.48. The third-order valence-electron chi connectivity index (χ3n) is 5.79. The molecule has 2 saturated heterocycles. The maximum absolute atomic E-state index is 12.9. The Kier molecular flexibility index (Phi) is 6.75. The van der Waals surface area contributed by atoms with Gasteiger partial charge in [0.1, 0.15) is 11.4 Å². The Morgan fingerprint density at radius 2 is 1.96 bits per heavy atom. The van der Waals surface area contributed by atoms with Gasteiger partial charge in [0, 0.05) is 25.1 Å². The maximum atomic E-state index is 12.9. The minimum absolute atomic E-state index is 0.0356. The van der Waals surface area contributed by atoms with E-state index in [9.17, 15) is 9.59 Å². The first kappa shape index (κ1) is 20.9. The van der Waals surface area contributed by atoms with E-state index in [1.54, 1.807) is 11.9 Å². The monoisotopic (exact) mass is 398 g/mol. The number of amides is 1. The highest BCUT2D eigenvalue weighted by molar-refractivity contribution is 7.97. The van der Waals surface area contributed by atoms with Crippen LogP contribution < -0.4 is 4.72 Å². The number of carbonyl (C=O) groups excluding carboxylic acids is 2. The summed E-state index contributed by atoms with van der Waals surface area (Å²) in [5.74, 6) is 1.44. The number of likely N-dealkylation sites (tertiary alicyclic amines) is 1. The summed E-state index contributed by atoms with van der Waals surface area (Å²) < 4.78 is 15.6. The SMILES string of the molecule is CC(C)(C)OC(=O)N1CCCC2(CCCSN2)C1COC1CCC(=O)CC1. The molecule has 1 amide bonds. The molecule has 7 heteroatoms. The largest absolute Gasteiger partial charge is 0.444 e. The van der Waals surface area contributed by atoms with Crippen LogP contribution in [0.1, 0.15) is 72.1 Å². The van der Waals surface area contributed by atoms with E-state index >= 15 is 0 Å². The summed E-state index contributed by atoms with van der Waals surface area (Å²) in [5.41, 5.74) is -0.617. The second-order valence-corrected chi connectivity index (χ2v) is 9.98. The number of hydrogen-bond acceptors (Lipinski definition) is 6. The molecule has 2 heterocycles. The zero-order chi connectivity index (χ0) is 19.5. The third kappa shape index (κ3) is 5.39. The molecule has 1 aliphatic carbocycles. The Labute approximate surface area is 167 Å². The van der Waals surface area contributed by atoms with Gasteiger partial charge < -0.3 is 14.4 Å². The van der Waals surface area contributed by atoms with Crippen molar-refractivity contribution >= 4 is 23.8 Å². The summed E-state index contributed by atoms with van der Waals surface area (Å²) in [6.45, 7) is 6.93. The number of ether oxygens (including phenoxy) is 2. The predicted octanol–water partition coefficient (Wildman–Crippen LogP) is 3.68. The molecule has 2 aliphatic heterocycles. The molecule has 1 spiro atoms. The molecular formula is C20H34N2O4S. The lowest BCUT2D eigenvalue weighted by Gasteiger charge is -2.51. The standard InChI is InChI=1S/C20H34N2O4S/c1-19(2,3)26-18(24)22-12-4-10-20(11-5-13-27-21-20)17(22)14-25-16-8-6-15(23)7-9-16/h16-17,21H,4-14H2,1-3H3. The number of ketones is 1. The van der Waals surface area contributed by atoms with E-state index in [1.165, 1.54) is 0 Å². The van der Waals surface area contributed by atoms with E-state index in [-0.39, 0.29) is 23.8 Å². The van der Waals surface area contributed by atoms with Crippen LogP contribution in [0.5, 0.6) is 0 Å². The summed E-state index contributed by atoms with van der Waals surface area (Å²) in [5, 5.41) is 0. The van der Waals surface area contributed by atoms with Crippen molar-refractivity contribution in [3.05, 3.63) is 0 Å². The molecule has 0 bridgehead atoms. The second kappa shape index (κ2) is 8.70. The molecule has 3 rings (SSSR count). The molecule has 3 aliphatic rings. The van der Waals surface area contributed by atoms with Crippen LogP contribution in [0.15, 0.2) is 0 Å². The number of rotatable bonds is 3. The molecule has 0 aromatic rings. The van der Waals surface area contributed by atoms with Crippen LogP contribution in [-0.2, 0) is 14.3 Å². The van der Waals surface area contributed by atoms with Crippen molar-refractivity contribution in [2.45, 2.75) is 95.4 Å². The number of carbonyl (C=O) groups is 2. The maximum Gasteiger partial charge on any atom is 0.410 e. The summed E-state index contributed by atoms with van der Waals surface area (Å²) in [7, 11) is 0. The first-order chi connectivity index (χ1) is 12.8. The van der Waals surface area contributed by atoms with Crippen LogP contribution in [0.3, 0.4) is 0 Å². The van der Waals surface area contributed by atoms with Gasteiger partial charge >= 0.3 is 6.09 Å². The van der Waals surface area contributed by atoms with Gasteiger partial charge in [-0.05, 0) is 59.3 Å². The lowest BCUT2D eigenvalue weighted by molar-refractivity contribution is -0.123. The van der Waals surface area contributed by atoms with Crippen molar-refractivity contribution in [2.24, 2.45) is 0 Å². The molecule has 1 saturated carbocycles. The topological polar surface area (TPSA) is 67.9 Å². The number of Topliss-reactive ketones (excluding diaryl/α,β-unsaturated/α-hetero) is 1. The van der Waals surface area contributed by atoms with Crippen molar-refractivity contribution < 1.29 is 19.1 Å². The molecule has 2 atom stereocenters. The molecule has 3 fully saturated rings. The molecule has 1 N–H and O–H groups in total. The van der Waals surface area contributed by atoms with Crippen LogP contribution in [-0.4, -0.2) is 59.0 Å². The zero-order valence-corrected chi connectivity index (χ0v) is 17.7. The van der Waals surface area contributed by atoms with E-state index in [0.29, 0.717) is 31.8 Å². The van der Waals surface area contributed by atoms with Crippen LogP contribution >= 0.6 is 11.9 Å². The van der Waals surface area contributed by atoms with Gasteiger partial charge in [-0.2, -0.15) is 0 Å². The fourth-order valence-electron chi connectivity index (χ4n) is 4.40. The molecule has 27 heavy (non-hydrogen) atoms. The first-order valence-corrected chi connectivity index (χ1v) is 11.3. The minimum atomic E-state index is -0.508. The van der Waals surface area contributed by atoms with Crippen LogP contribution in [0, 0.1) is 0 Å². The average Bonchev–Trinajstić information content (AvgIpc) is 2.61. The Morgan fingerprint density at radius 1 is 1.26 bits per heavy atom. The lowest BCUT2D eigenvalue weighted by Crippen LogP contribution is -2.66. The van der Waals surface area contributed by atoms with Crippen molar-refractivity contribution in [3.63, 3.8) is 0 Å². The van der Waals surface area contributed by atoms with Gasteiger partial charge in [0.15, 0.2) is 0 Å². The Bertz CT molecular complexity index is 527. The normalized spacial score (nSPS) is 30.6. The number of nitrogens with one attached hydrogen (secondary N) is 1. The van der Waals surface area contributed by atoms with Gasteiger partial charge in [0.05, 0.1) is 24.3 Å². The molecular weight excluding hydrogens is 364 g/mol. The van der Waals surface area contributed by atoms with Crippen LogP contribution in [0.2, 0.25) is 0 Å². The smallest absolute Gasteiger partial charge is 0.410 e. The van der Waals surface area contributed by atoms with Crippen molar-refractivity contribution in [2.75, 3.05) is 18.9 Å². The van der Waals surface area contributed by atoms with Gasteiger partial charge in [0.2, 0.25) is 0 Å². The van der Waals surface area contributed by atoms with Gasteiger partial charge in [-0.15, -0.1) is 0 Å². The summed E-state index contributed by atoms with van der Waals surface area (Å²) in [6, 6.07) is -0.0356. The molecule has 0 radical (unpaired) electrons. The molecule has 2 unspecified atom stereocenters. The number of piperidine rings is 1. The van der Waals surface area contributed by atoms with Crippen LogP contribution in [0.25, 0.3) is 0 Å². The highest BCUT2D eigenvalue weighted by Crippen LogP contribution is 2.38. The minimum Gasteiger partial charge on any atom is -0.444 e. The van der Waals surface area contributed by atoms with Crippen LogP contribution in [0.4, 0.5) is 4.79 Å². The Morgan fingerprint density at radius 3 is 2.59 bits per heavy atom. The van der Waals surface area contributed by atoms with Gasteiger partial charge in [-0.25, -0.2) is 4.79 Å². The van der Waals surface area contributed by atoms with Crippen molar-refractivity contribution in [3.8, 4) is 0 Å². The molecule has 6 nitrogen and oxygen atoms in total. The molecule has 0 aromatic carbocycles. The van der Waals surface area contributed by atoms with Gasteiger partial charge in [-0.1, -0.05) is 11.9 Å². The van der Waals surface area contributed by atoms with E-state index in [0.717, 1.165) is 44.3 Å². The molecule has 0 aromatic heterocycles. The lowest BCUT2D eigenvalue weighted by atomic mass is 9.78. The van der Waals surface area contributed by atoms with Crippen molar-refractivity contribution in [1.82, 2.24) is 9.62 Å². The fraction of sp³-hybridized carbons (Fsp3) is 0.900. The van der Waals surface area contributed by atoms with E-state index in [4.69, 9.17) is 9.47 Å². The third-order valence-corrected chi connectivity index (χ3v) is 6.83. The zero-order valence-electron chi connectivity index (χ0n) is 16.9. The first-order valence-electron chi connectivity index (χ1n) is 10.3. The number of nitrogens with zero attached hydrogens (tertiary/aromatic N) is 1. The quantitative estimate of drug-likeness (QED) is 0.732. The summed E-state index contributed by atoms with van der Waals surface area (Å²) in [4.78, 5) is 26.3. The Balaban J connectivity index is 1.72. The van der Waals surface area contributed by atoms with E-state index in [2.05, 4.69) is 4.72 Å². The average molecular weight is 399 g/mol. The van der Waals surface area contributed by atoms with Gasteiger partial charge in [0.25, 0.3) is 0 Å². The van der Waals surface area contributed by atoms with E-state index in [1.807, 2.05) is 25.7 Å². The second-order valence-electron chi connectivity index (χ2n) is 9.07. The Hall–Kier alpha value is -0.790.